The zero-order chi connectivity index (χ0) is 19.5. The fourth-order valence-corrected chi connectivity index (χ4v) is 4.32. The van der Waals surface area contributed by atoms with Gasteiger partial charge in [0.1, 0.15) is 6.16 Å². The summed E-state index contributed by atoms with van der Waals surface area (Å²) in [7, 11) is -1.92. The molecule has 0 spiro atoms. The van der Waals surface area contributed by atoms with Gasteiger partial charge in [0.15, 0.2) is 6.10 Å². The monoisotopic (exact) mass is 390 g/mol. The maximum atomic E-state index is 11.7. The van der Waals surface area contributed by atoms with E-state index in [0.717, 1.165) is 19.3 Å². The van der Waals surface area contributed by atoms with E-state index in [1.165, 1.54) is 83.5 Å². The topological polar surface area (TPSA) is 83.8 Å². The van der Waals surface area contributed by atoms with Crippen LogP contribution in [-0.4, -0.2) is 39.7 Å². The van der Waals surface area contributed by atoms with Crippen molar-refractivity contribution < 1.29 is 20.2 Å². The first-order valence-corrected chi connectivity index (χ1v) is 12.4. The van der Waals surface area contributed by atoms with E-state index in [4.69, 9.17) is 5.11 Å². The summed E-state index contributed by atoms with van der Waals surface area (Å²) in [4.78, 5) is 11.7. The fraction of sp³-hybridized carbons (Fsp3) is 0.952. The maximum absolute atomic E-state index is 11.7. The standard InChI is InChI=1S/C21H43O4P/c1-2-3-4-5-6-7-8-9-10-11-12-13-14-15-16-17-18-26(25)21(24)20(23)19-22/h20,22-24H,2-19H2,1H3. The lowest BCUT2D eigenvalue weighted by atomic mass is 10.0. The zero-order valence-corrected chi connectivity index (χ0v) is 17.9. The highest BCUT2D eigenvalue weighted by molar-refractivity contribution is 7.51. The third-order valence-electron chi connectivity index (χ3n) is 4.94. The molecule has 0 saturated carbocycles. The second-order valence-corrected chi connectivity index (χ2v) is 9.12. The Labute approximate surface area is 162 Å². The van der Waals surface area contributed by atoms with Crippen molar-refractivity contribution in [1.29, 1.82) is 0 Å². The molecule has 0 fully saturated rings. The predicted octanol–water partition coefficient (Wildman–Crippen LogP) is 4.86. The summed E-state index contributed by atoms with van der Waals surface area (Å²) in [6.07, 6.45) is 19.7. The first-order chi connectivity index (χ1) is 12.6. The molecule has 0 heterocycles. The van der Waals surface area contributed by atoms with Gasteiger partial charge in [-0.15, -0.1) is 0 Å². The first-order valence-electron chi connectivity index (χ1n) is 10.9. The van der Waals surface area contributed by atoms with Crippen LogP contribution in [0.5, 0.6) is 0 Å². The van der Waals surface area contributed by atoms with Crippen LogP contribution in [0, 0.1) is 0 Å². The van der Waals surface area contributed by atoms with Crippen LogP contribution in [0.4, 0.5) is 0 Å². The molecule has 0 saturated heterocycles. The molecule has 0 aliphatic carbocycles. The number of unbranched alkanes of at least 4 members (excludes halogenated alkanes) is 15. The Morgan fingerprint density at radius 1 is 0.731 bits per heavy atom. The minimum Gasteiger partial charge on any atom is -0.629 e. The lowest BCUT2D eigenvalue weighted by molar-refractivity contribution is -0.153. The highest BCUT2D eigenvalue weighted by atomic mass is 31.1. The molecule has 0 aromatic rings. The summed E-state index contributed by atoms with van der Waals surface area (Å²) in [5.41, 5.74) is -0.455. The van der Waals surface area contributed by atoms with Crippen LogP contribution in [0.25, 0.3) is 0 Å². The summed E-state index contributed by atoms with van der Waals surface area (Å²) < 4.78 is 0. The predicted molar refractivity (Wildman–Crippen MR) is 111 cm³/mol. The van der Waals surface area contributed by atoms with E-state index in [2.05, 4.69) is 6.92 Å². The number of rotatable bonds is 19. The second kappa shape index (κ2) is 19.8. The van der Waals surface area contributed by atoms with E-state index in [9.17, 15) is 15.1 Å². The van der Waals surface area contributed by atoms with Gasteiger partial charge in [-0.25, -0.2) is 0 Å². The van der Waals surface area contributed by atoms with Crippen molar-refractivity contribution in [3.8, 4) is 0 Å². The van der Waals surface area contributed by atoms with Crippen LogP contribution in [0.1, 0.15) is 110 Å². The lowest BCUT2D eigenvalue weighted by Gasteiger charge is -2.06. The van der Waals surface area contributed by atoms with Gasteiger partial charge in [-0.05, 0) is 12.8 Å². The smallest absolute Gasteiger partial charge is 0.249 e. The Bertz CT molecular complexity index is 334. The van der Waals surface area contributed by atoms with Crippen molar-refractivity contribution in [1.82, 2.24) is 0 Å². The summed E-state index contributed by atoms with van der Waals surface area (Å²) in [6.45, 7) is 1.69. The molecule has 0 radical (unpaired) electrons. The molecular weight excluding hydrogens is 347 g/mol. The van der Waals surface area contributed by atoms with E-state index in [0.29, 0.717) is 6.16 Å². The van der Waals surface area contributed by atoms with Crippen LogP contribution in [0.15, 0.2) is 0 Å². The van der Waals surface area contributed by atoms with E-state index < -0.39 is 26.0 Å². The Balaban J connectivity index is 3.27. The van der Waals surface area contributed by atoms with Crippen molar-refractivity contribution in [2.24, 2.45) is 0 Å². The normalized spacial score (nSPS) is 13.7. The van der Waals surface area contributed by atoms with Gasteiger partial charge in [0, 0.05) is 0 Å². The highest BCUT2D eigenvalue weighted by Crippen LogP contribution is 2.19. The third kappa shape index (κ3) is 16.2. The quantitative estimate of drug-likeness (QED) is 0.217. The molecule has 0 aromatic heterocycles. The number of aliphatic hydroxyl groups excluding tert-OH is 3. The van der Waals surface area contributed by atoms with Gasteiger partial charge in [0.05, 0.1) is 14.4 Å². The average Bonchev–Trinajstić information content (AvgIpc) is 2.66. The molecule has 156 valence electrons. The molecule has 2 atom stereocenters. The van der Waals surface area contributed by atoms with Gasteiger partial charge in [-0.2, -0.15) is 0 Å². The van der Waals surface area contributed by atoms with Crippen molar-refractivity contribution in [2.75, 3.05) is 12.8 Å². The first kappa shape index (κ1) is 26.0. The molecule has 5 heteroatoms. The Morgan fingerprint density at radius 2 is 1.08 bits per heavy atom. The molecule has 0 rings (SSSR count). The van der Waals surface area contributed by atoms with Crippen LogP contribution >= 0.6 is 7.77 Å². The van der Waals surface area contributed by atoms with Crippen LogP contribution in [0.3, 0.4) is 0 Å². The molecule has 26 heavy (non-hydrogen) atoms. The average molecular weight is 391 g/mol. The summed E-state index contributed by atoms with van der Waals surface area (Å²) in [5, 5.41) is 27.4. The molecule has 0 amide bonds. The molecular formula is C21H43O4P. The Morgan fingerprint density at radius 3 is 1.42 bits per heavy atom. The molecule has 0 aliphatic rings. The van der Waals surface area contributed by atoms with Gasteiger partial charge in [-0.3, -0.25) is 0 Å². The largest absolute Gasteiger partial charge is 0.629 e. The summed E-state index contributed by atoms with van der Waals surface area (Å²) in [5.74, 6) is 0. The summed E-state index contributed by atoms with van der Waals surface area (Å²) in [6, 6.07) is 0. The maximum Gasteiger partial charge on any atom is 0.249 e. The molecule has 0 aromatic carbocycles. The van der Waals surface area contributed by atoms with Crippen molar-refractivity contribution in [3.05, 3.63) is 0 Å². The van der Waals surface area contributed by atoms with Gasteiger partial charge in [0.2, 0.25) is 5.48 Å². The minimum atomic E-state index is -1.92. The van der Waals surface area contributed by atoms with Gasteiger partial charge in [0.25, 0.3) is 0 Å². The van der Waals surface area contributed by atoms with E-state index in [-0.39, 0.29) is 0 Å². The highest BCUT2D eigenvalue weighted by Gasteiger charge is 2.16. The number of hydrogen-bond acceptors (Lipinski definition) is 3. The molecule has 3 N–H and O–H groups in total. The summed E-state index contributed by atoms with van der Waals surface area (Å²) >= 11 is 0. The van der Waals surface area contributed by atoms with Crippen molar-refractivity contribution >= 4 is 13.3 Å². The molecule has 0 bridgehead atoms. The van der Waals surface area contributed by atoms with Gasteiger partial charge in [-0.1, -0.05) is 96.8 Å². The number of aliphatic hydroxyl groups is 3. The Hall–Kier alpha value is 0.0100. The lowest BCUT2D eigenvalue weighted by Crippen LogP contribution is -2.25. The Kier molecular flexibility index (Phi) is 19.8. The van der Waals surface area contributed by atoms with Crippen LogP contribution < -0.4 is 4.89 Å². The van der Waals surface area contributed by atoms with E-state index in [1.807, 2.05) is 0 Å². The fourth-order valence-electron chi connectivity index (χ4n) is 3.17. The zero-order valence-electron chi connectivity index (χ0n) is 17.0. The molecule has 2 unspecified atom stereocenters. The second-order valence-electron chi connectivity index (χ2n) is 7.46. The van der Waals surface area contributed by atoms with E-state index in [1.54, 1.807) is 0 Å². The molecule has 4 nitrogen and oxygen atoms in total. The van der Waals surface area contributed by atoms with E-state index >= 15 is 0 Å². The molecule has 0 aliphatic heterocycles. The van der Waals surface area contributed by atoms with Gasteiger partial charge >= 0.3 is 0 Å². The SMILES string of the molecule is CCCCCCCCCCCCCCCCCC/[P+]([O-])=C(\O)C(O)CO. The van der Waals surface area contributed by atoms with Crippen molar-refractivity contribution in [2.45, 2.75) is 116 Å². The van der Waals surface area contributed by atoms with Crippen LogP contribution in [-0.2, 0) is 0 Å². The van der Waals surface area contributed by atoms with Crippen LogP contribution in [0.2, 0.25) is 0 Å². The minimum absolute atomic E-state index is 0.399. The third-order valence-corrected chi connectivity index (χ3v) is 6.47. The van der Waals surface area contributed by atoms with Gasteiger partial charge < -0.3 is 20.2 Å². The van der Waals surface area contributed by atoms with Crippen molar-refractivity contribution in [3.63, 3.8) is 0 Å². The number of hydrogen-bond donors (Lipinski definition) is 3.